The second-order valence-corrected chi connectivity index (χ2v) is 17.9. The lowest BCUT2D eigenvalue weighted by Crippen LogP contribution is -2.04. The average Bonchev–Trinajstić information content (AvgIpc) is 3.48. The second-order valence-electron chi connectivity index (χ2n) is 17.9. The largest absolute Gasteiger partial charge is 0.208 e. The summed E-state index contributed by atoms with van der Waals surface area (Å²) in [5, 5.41) is 0. The van der Waals surface area contributed by atoms with Crippen molar-refractivity contribution in [3.05, 3.63) is 291 Å². The maximum absolute atomic E-state index is 5.21. The molecule has 10 aromatic carbocycles. The van der Waals surface area contributed by atoms with Crippen LogP contribution < -0.4 is 0 Å². The molecule has 0 aliphatic heterocycles. The van der Waals surface area contributed by atoms with Crippen molar-refractivity contribution in [3.63, 3.8) is 0 Å². The Hall–Kier alpha value is -9.57. The molecule has 346 valence electrons. The Kier molecular flexibility index (Phi) is 13.3. The van der Waals surface area contributed by atoms with Gasteiger partial charge in [-0.1, -0.05) is 267 Å². The fourth-order valence-electron chi connectivity index (χ4n) is 9.94. The minimum absolute atomic E-state index is 0.601. The average molecular weight is 934 g/mol. The number of rotatable bonds is 13. The molecule has 0 radical (unpaired) electrons. The van der Waals surface area contributed by atoms with E-state index in [2.05, 4.69) is 250 Å². The van der Waals surface area contributed by atoms with Crippen molar-refractivity contribution in [1.29, 1.82) is 0 Å². The van der Waals surface area contributed by atoms with Crippen molar-refractivity contribution in [1.82, 2.24) is 15.0 Å². The van der Waals surface area contributed by atoms with Crippen LogP contribution in [0.4, 0.5) is 0 Å². The van der Waals surface area contributed by atoms with Crippen LogP contribution in [0.1, 0.15) is 12.5 Å². The number of benzene rings is 10. The molecule has 0 spiro atoms. The van der Waals surface area contributed by atoms with Crippen LogP contribution in [0.25, 0.3) is 118 Å². The van der Waals surface area contributed by atoms with E-state index in [9.17, 15) is 0 Å². The Bertz CT molecular complexity index is 3770. The van der Waals surface area contributed by atoms with E-state index in [4.69, 9.17) is 15.0 Å². The summed E-state index contributed by atoms with van der Waals surface area (Å²) < 4.78 is 0. The van der Waals surface area contributed by atoms with Gasteiger partial charge in [0.15, 0.2) is 17.5 Å². The molecule has 11 rings (SSSR count). The van der Waals surface area contributed by atoms with Gasteiger partial charge in [-0.15, -0.1) is 0 Å². The first-order valence-electron chi connectivity index (χ1n) is 24.7. The molecule has 3 heteroatoms. The normalized spacial score (nSPS) is 11.4. The summed E-state index contributed by atoms with van der Waals surface area (Å²) in [5.74, 6) is 1.83. The van der Waals surface area contributed by atoms with Gasteiger partial charge in [-0.2, -0.15) is 0 Å². The number of aromatic nitrogens is 3. The lowest BCUT2D eigenvalue weighted by atomic mass is 9.73. The van der Waals surface area contributed by atoms with Crippen molar-refractivity contribution in [3.8, 4) is 112 Å². The molecule has 0 N–H and O–H groups in total. The summed E-state index contributed by atoms with van der Waals surface area (Å²) in [6, 6.07) is 90.1. The van der Waals surface area contributed by atoms with E-state index in [0.717, 1.165) is 106 Å². The third-order valence-electron chi connectivity index (χ3n) is 13.2. The fourth-order valence-corrected chi connectivity index (χ4v) is 9.94. The zero-order chi connectivity index (χ0) is 49.3. The Morgan fingerprint density at radius 3 is 1.00 bits per heavy atom. The number of nitrogens with zero attached hydrogens (tertiary/aromatic N) is 3. The summed E-state index contributed by atoms with van der Waals surface area (Å²) in [6.07, 6.45) is 8.39. The van der Waals surface area contributed by atoms with Gasteiger partial charge in [0.25, 0.3) is 0 Å². The second kappa shape index (κ2) is 21.2. The third kappa shape index (κ3) is 9.56. The number of hydrogen-bond donors (Lipinski definition) is 0. The first-order chi connectivity index (χ1) is 36.1. The van der Waals surface area contributed by atoms with Gasteiger partial charge in [-0.25, -0.2) is 15.0 Å². The Morgan fingerprint density at radius 2 is 0.589 bits per heavy atom. The first kappa shape index (κ1) is 45.8. The van der Waals surface area contributed by atoms with Crippen molar-refractivity contribution < 1.29 is 0 Å². The van der Waals surface area contributed by atoms with Gasteiger partial charge >= 0.3 is 0 Å². The zero-order valence-corrected chi connectivity index (χ0v) is 40.6. The van der Waals surface area contributed by atoms with E-state index in [1.165, 1.54) is 0 Å². The molecule has 0 atom stereocenters. The lowest BCUT2D eigenvalue weighted by molar-refractivity contribution is 1.07. The van der Waals surface area contributed by atoms with Gasteiger partial charge in [-0.05, 0) is 114 Å². The predicted molar refractivity (Wildman–Crippen MR) is 307 cm³/mol. The molecule has 0 saturated heterocycles. The molecule has 3 nitrogen and oxygen atoms in total. The molecule has 0 unspecified atom stereocenters. The van der Waals surface area contributed by atoms with Crippen LogP contribution in [0.3, 0.4) is 0 Å². The van der Waals surface area contributed by atoms with Crippen molar-refractivity contribution in [2.75, 3.05) is 0 Å². The maximum Gasteiger partial charge on any atom is 0.164 e. The van der Waals surface area contributed by atoms with E-state index in [1.54, 1.807) is 0 Å². The summed E-state index contributed by atoms with van der Waals surface area (Å²) in [4.78, 5) is 15.5. The van der Waals surface area contributed by atoms with Gasteiger partial charge in [0.2, 0.25) is 0 Å². The van der Waals surface area contributed by atoms with E-state index < -0.39 is 0 Å². The van der Waals surface area contributed by atoms with Crippen LogP contribution in [0, 0.1) is 0 Å². The molecule has 1 aromatic heterocycles. The Labute approximate surface area is 428 Å². The van der Waals surface area contributed by atoms with E-state index >= 15 is 0 Å². The van der Waals surface area contributed by atoms with Crippen LogP contribution in [0.5, 0.6) is 0 Å². The lowest BCUT2D eigenvalue weighted by Gasteiger charge is -2.29. The summed E-state index contributed by atoms with van der Waals surface area (Å²) in [5.41, 5.74) is 20.6. The molecule has 11 aromatic rings. The van der Waals surface area contributed by atoms with Gasteiger partial charge in [0.05, 0.1) is 0 Å². The number of hydrogen-bond acceptors (Lipinski definition) is 3. The standard InChI is InChI=1S/C70H51N3/c1-3-26-50(27-4-2)62-63(51-30-13-6-14-31-51)64(52-32-15-7-16-33-52)66(54-36-19-9-20-37-54)67(65(62)53-34-17-8-18-35-53)59-43-23-41-57(46-59)58-42-25-45-61(48-58)70-72-68(55-38-21-10-22-39-55)71-69(73-70)60-44-24-40-56(47-60)49-28-11-5-12-29-49/h3-48H,1H2,2H3/b27-4-,50-26+. The molecule has 0 aliphatic rings. The predicted octanol–water partition coefficient (Wildman–Crippen LogP) is 18.7. The SMILES string of the molecule is C=C/C=C(\C=C/C)c1c(-c2ccccc2)c(-c2ccccc2)c(-c2ccccc2)c(-c2cccc(-c3cccc(-c4nc(-c5ccccc5)nc(-c5cccc(-c6ccccc6)c5)n4)c3)c2)c1-c1ccccc1. The summed E-state index contributed by atoms with van der Waals surface area (Å²) in [7, 11) is 0. The monoisotopic (exact) mass is 933 g/mol. The topological polar surface area (TPSA) is 38.7 Å². The molecule has 0 fully saturated rings. The van der Waals surface area contributed by atoms with Gasteiger partial charge in [0.1, 0.15) is 0 Å². The molecule has 0 aliphatic carbocycles. The molecular formula is C70H51N3. The summed E-state index contributed by atoms with van der Waals surface area (Å²) >= 11 is 0. The number of allylic oxidation sites excluding steroid dienone is 5. The summed E-state index contributed by atoms with van der Waals surface area (Å²) in [6.45, 7) is 6.33. The zero-order valence-electron chi connectivity index (χ0n) is 40.6. The smallest absolute Gasteiger partial charge is 0.164 e. The van der Waals surface area contributed by atoms with Crippen molar-refractivity contribution in [2.24, 2.45) is 0 Å². The van der Waals surface area contributed by atoms with Crippen LogP contribution in [-0.4, -0.2) is 15.0 Å². The Balaban J connectivity index is 1.16. The van der Waals surface area contributed by atoms with E-state index in [1.807, 2.05) is 42.5 Å². The third-order valence-corrected chi connectivity index (χ3v) is 13.2. The molecule has 1 heterocycles. The molecule has 0 bridgehead atoms. The highest BCUT2D eigenvalue weighted by Crippen LogP contribution is 2.55. The first-order valence-corrected chi connectivity index (χ1v) is 24.7. The highest BCUT2D eigenvalue weighted by Gasteiger charge is 2.29. The quantitative estimate of drug-likeness (QED) is 0.108. The molecular weight excluding hydrogens is 883 g/mol. The van der Waals surface area contributed by atoms with Crippen LogP contribution in [0.2, 0.25) is 0 Å². The minimum Gasteiger partial charge on any atom is -0.208 e. The highest BCUT2D eigenvalue weighted by atomic mass is 15.0. The van der Waals surface area contributed by atoms with E-state index in [0.29, 0.717) is 17.5 Å². The van der Waals surface area contributed by atoms with Gasteiger partial charge in [0, 0.05) is 16.7 Å². The molecule has 0 saturated carbocycles. The van der Waals surface area contributed by atoms with Crippen molar-refractivity contribution >= 4 is 5.57 Å². The van der Waals surface area contributed by atoms with Crippen LogP contribution in [-0.2, 0) is 0 Å². The highest BCUT2D eigenvalue weighted by molar-refractivity contribution is 6.14. The van der Waals surface area contributed by atoms with Gasteiger partial charge in [-0.3, -0.25) is 0 Å². The van der Waals surface area contributed by atoms with Crippen LogP contribution >= 0.6 is 0 Å². The molecule has 73 heavy (non-hydrogen) atoms. The minimum atomic E-state index is 0.601. The van der Waals surface area contributed by atoms with E-state index in [-0.39, 0.29) is 0 Å². The fraction of sp³-hybridized carbons (Fsp3) is 0.0143. The van der Waals surface area contributed by atoms with Crippen LogP contribution in [0.15, 0.2) is 286 Å². The molecule has 0 amide bonds. The van der Waals surface area contributed by atoms with Crippen molar-refractivity contribution in [2.45, 2.75) is 6.92 Å². The maximum atomic E-state index is 5.21. The van der Waals surface area contributed by atoms with Gasteiger partial charge < -0.3 is 0 Å². The Morgan fingerprint density at radius 1 is 0.301 bits per heavy atom.